The first-order valence-corrected chi connectivity index (χ1v) is 10.8. The maximum atomic E-state index is 12.9. The molecule has 9 heteroatoms. The van der Waals surface area contributed by atoms with E-state index < -0.39 is 27.5 Å². The normalized spacial score (nSPS) is 12.5. The molecular formula is C21H24N4O4S. The lowest BCUT2D eigenvalue weighted by molar-refractivity contribution is -0.117. The summed E-state index contributed by atoms with van der Waals surface area (Å²) in [7, 11) is -2.17. The molecule has 0 spiro atoms. The van der Waals surface area contributed by atoms with Crippen molar-refractivity contribution >= 4 is 21.6 Å². The Morgan fingerprint density at radius 2 is 1.60 bits per heavy atom. The van der Waals surface area contributed by atoms with Crippen LogP contribution in [0.15, 0.2) is 64.3 Å². The highest BCUT2D eigenvalue weighted by atomic mass is 32.2. The number of aromatic nitrogens is 2. The third kappa shape index (κ3) is 4.22. The summed E-state index contributed by atoms with van der Waals surface area (Å²) in [6, 6.07) is 14.3. The van der Waals surface area contributed by atoms with Gasteiger partial charge in [-0.15, -0.1) is 0 Å². The van der Waals surface area contributed by atoms with Crippen molar-refractivity contribution in [3.63, 3.8) is 0 Å². The van der Waals surface area contributed by atoms with Gasteiger partial charge in [-0.1, -0.05) is 35.9 Å². The van der Waals surface area contributed by atoms with E-state index in [9.17, 15) is 18.0 Å². The van der Waals surface area contributed by atoms with Gasteiger partial charge in [0, 0.05) is 7.05 Å². The molecule has 1 amide bonds. The molecular weight excluding hydrogens is 404 g/mol. The third-order valence-electron chi connectivity index (χ3n) is 4.86. The predicted octanol–water partition coefficient (Wildman–Crippen LogP) is 2.10. The fourth-order valence-corrected chi connectivity index (χ4v) is 4.22. The minimum absolute atomic E-state index is 0.0649. The van der Waals surface area contributed by atoms with Crippen molar-refractivity contribution in [2.75, 3.05) is 5.32 Å². The quantitative estimate of drug-likeness (QED) is 0.628. The molecule has 0 fully saturated rings. The Labute approximate surface area is 175 Å². The number of sulfonamides is 1. The maximum absolute atomic E-state index is 12.9. The summed E-state index contributed by atoms with van der Waals surface area (Å²) >= 11 is 0. The molecule has 1 atom stereocenters. The summed E-state index contributed by atoms with van der Waals surface area (Å²) in [5, 5.41) is 2.57. The van der Waals surface area contributed by atoms with Crippen LogP contribution in [0.25, 0.3) is 5.69 Å². The molecule has 0 radical (unpaired) electrons. The van der Waals surface area contributed by atoms with Crippen molar-refractivity contribution in [2.24, 2.45) is 7.05 Å². The summed E-state index contributed by atoms with van der Waals surface area (Å²) in [6.07, 6.45) is 0. The monoisotopic (exact) mass is 428 g/mol. The lowest BCUT2D eigenvalue weighted by Gasteiger charge is -2.14. The Kier molecular flexibility index (Phi) is 5.95. The summed E-state index contributed by atoms with van der Waals surface area (Å²) in [5.41, 5.74) is 1.83. The van der Waals surface area contributed by atoms with E-state index in [0.717, 1.165) is 5.56 Å². The van der Waals surface area contributed by atoms with Gasteiger partial charge in [0.1, 0.15) is 5.69 Å². The molecule has 0 saturated carbocycles. The van der Waals surface area contributed by atoms with Crippen molar-refractivity contribution in [3.8, 4) is 5.69 Å². The van der Waals surface area contributed by atoms with Crippen molar-refractivity contribution < 1.29 is 13.2 Å². The second-order valence-electron chi connectivity index (χ2n) is 7.08. The molecule has 0 aliphatic heterocycles. The zero-order valence-electron chi connectivity index (χ0n) is 17.2. The van der Waals surface area contributed by atoms with Crippen LogP contribution in [-0.2, 0) is 21.9 Å². The van der Waals surface area contributed by atoms with Gasteiger partial charge in [0.2, 0.25) is 15.9 Å². The molecule has 3 aromatic rings. The minimum Gasteiger partial charge on any atom is -0.319 e. The Bertz CT molecular complexity index is 1230. The van der Waals surface area contributed by atoms with E-state index in [1.165, 1.54) is 23.7 Å². The van der Waals surface area contributed by atoms with Gasteiger partial charge < -0.3 is 5.32 Å². The van der Waals surface area contributed by atoms with Crippen LogP contribution in [0.2, 0.25) is 0 Å². The van der Waals surface area contributed by atoms with Gasteiger partial charge in [-0.3, -0.25) is 14.3 Å². The highest BCUT2D eigenvalue weighted by Crippen LogP contribution is 2.15. The van der Waals surface area contributed by atoms with Crippen LogP contribution in [0, 0.1) is 13.8 Å². The number of carbonyl (C=O) groups is 1. The second-order valence-corrected chi connectivity index (χ2v) is 8.80. The Hall–Kier alpha value is -3.17. The average molecular weight is 429 g/mol. The highest BCUT2D eigenvalue weighted by Gasteiger charge is 2.25. The molecule has 0 bridgehead atoms. The van der Waals surface area contributed by atoms with Crippen LogP contribution in [-0.4, -0.2) is 29.7 Å². The molecule has 2 aromatic carbocycles. The fourth-order valence-electron chi connectivity index (χ4n) is 3.02. The third-order valence-corrected chi connectivity index (χ3v) is 6.42. The van der Waals surface area contributed by atoms with E-state index in [0.29, 0.717) is 11.4 Å². The number of anilines is 1. The minimum atomic E-state index is -3.88. The first-order chi connectivity index (χ1) is 14.1. The summed E-state index contributed by atoms with van der Waals surface area (Å²) in [6.45, 7) is 4.98. The number of aryl methyl sites for hydroxylation is 1. The topological polar surface area (TPSA) is 102 Å². The molecule has 2 N–H and O–H groups in total. The number of benzene rings is 2. The van der Waals surface area contributed by atoms with Crippen LogP contribution in [0.5, 0.6) is 0 Å². The average Bonchev–Trinajstić information content (AvgIpc) is 2.91. The van der Waals surface area contributed by atoms with Gasteiger partial charge in [-0.25, -0.2) is 13.1 Å². The number of rotatable bonds is 6. The molecule has 0 aliphatic rings. The highest BCUT2D eigenvalue weighted by molar-refractivity contribution is 7.89. The Balaban J connectivity index is 1.82. The smallest absolute Gasteiger partial charge is 0.295 e. The van der Waals surface area contributed by atoms with E-state index in [-0.39, 0.29) is 10.6 Å². The molecule has 0 saturated heterocycles. The van der Waals surface area contributed by atoms with Crippen LogP contribution in [0.3, 0.4) is 0 Å². The van der Waals surface area contributed by atoms with Crippen LogP contribution < -0.4 is 15.6 Å². The van der Waals surface area contributed by atoms with Crippen LogP contribution >= 0.6 is 0 Å². The number of carbonyl (C=O) groups excluding carboxylic acids is 1. The van der Waals surface area contributed by atoms with Crippen LogP contribution in [0.4, 0.5) is 5.69 Å². The second kappa shape index (κ2) is 8.29. The molecule has 158 valence electrons. The van der Waals surface area contributed by atoms with Gasteiger partial charge in [0.15, 0.2) is 0 Å². The van der Waals surface area contributed by atoms with E-state index >= 15 is 0 Å². The summed E-state index contributed by atoms with van der Waals surface area (Å²) in [4.78, 5) is 25.6. The number of hydrogen-bond acceptors (Lipinski definition) is 4. The van der Waals surface area contributed by atoms with Crippen molar-refractivity contribution in [1.29, 1.82) is 0 Å². The summed E-state index contributed by atoms with van der Waals surface area (Å²) in [5.74, 6) is -0.628. The molecule has 3 rings (SSSR count). The Morgan fingerprint density at radius 1 is 1.00 bits per heavy atom. The number of para-hydroxylation sites is 1. The van der Waals surface area contributed by atoms with E-state index in [4.69, 9.17) is 0 Å². The maximum Gasteiger partial charge on any atom is 0.295 e. The molecule has 1 heterocycles. The standard InChI is InChI=1S/C21H24N4O4S/c1-14-10-12-18(13-11-14)30(28,29)23-15(2)20(26)22-19-16(3)24(4)25(21(19)27)17-8-6-5-7-9-17/h5-13,15,23H,1-4H3,(H,22,26)/t15-/m0/s1. The number of nitrogens with one attached hydrogen (secondary N) is 2. The largest absolute Gasteiger partial charge is 0.319 e. The molecule has 30 heavy (non-hydrogen) atoms. The number of amides is 1. The van der Waals surface area contributed by atoms with Crippen molar-refractivity contribution in [3.05, 3.63) is 76.2 Å². The van der Waals surface area contributed by atoms with Crippen molar-refractivity contribution in [1.82, 2.24) is 14.1 Å². The van der Waals surface area contributed by atoms with Gasteiger partial charge in [0.05, 0.1) is 22.3 Å². The molecule has 8 nitrogen and oxygen atoms in total. The number of nitrogens with zero attached hydrogens (tertiary/aromatic N) is 2. The SMILES string of the molecule is Cc1ccc(S(=O)(=O)N[C@@H](C)C(=O)Nc2c(C)n(C)n(-c3ccccc3)c2=O)cc1. The van der Waals surface area contributed by atoms with Gasteiger partial charge in [-0.05, 0) is 45.0 Å². The summed E-state index contributed by atoms with van der Waals surface area (Å²) < 4.78 is 30.5. The van der Waals surface area contributed by atoms with E-state index in [2.05, 4.69) is 10.0 Å². The molecule has 0 unspecified atom stereocenters. The van der Waals surface area contributed by atoms with E-state index in [1.807, 2.05) is 25.1 Å². The zero-order chi connectivity index (χ0) is 22.1. The fraction of sp³-hybridized carbons (Fsp3) is 0.238. The van der Waals surface area contributed by atoms with Gasteiger partial charge in [-0.2, -0.15) is 4.72 Å². The number of hydrogen-bond donors (Lipinski definition) is 2. The Morgan fingerprint density at radius 3 is 2.20 bits per heavy atom. The van der Waals surface area contributed by atoms with Crippen molar-refractivity contribution in [2.45, 2.75) is 31.7 Å². The van der Waals surface area contributed by atoms with Gasteiger partial charge in [0.25, 0.3) is 5.56 Å². The molecule has 1 aromatic heterocycles. The van der Waals surface area contributed by atoms with Crippen LogP contribution in [0.1, 0.15) is 18.2 Å². The molecule has 0 aliphatic carbocycles. The first-order valence-electron chi connectivity index (χ1n) is 9.35. The van der Waals surface area contributed by atoms with Gasteiger partial charge >= 0.3 is 0 Å². The lowest BCUT2D eigenvalue weighted by Crippen LogP contribution is -2.42. The lowest BCUT2D eigenvalue weighted by atomic mass is 10.2. The predicted molar refractivity (Wildman–Crippen MR) is 115 cm³/mol. The van der Waals surface area contributed by atoms with E-state index in [1.54, 1.807) is 42.9 Å². The first kappa shape index (κ1) is 21.5. The zero-order valence-corrected chi connectivity index (χ0v) is 18.0.